The molecule has 2 aliphatic rings. The van der Waals surface area contributed by atoms with E-state index in [2.05, 4.69) is 31.9 Å². The van der Waals surface area contributed by atoms with Crippen molar-refractivity contribution in [1.29, 1.82) is 0 Å². The van der Waals surface area contributed by atoms with Crippen LogP contribution in [0.1, 0.15) is 22.3 Å². The first-order valence-electron chi connectivity index (χ1n) is 13.5. The van der Waals surface area contributed by atoms with E-state index in [4.69, 9.17) is 33.2 Å². The second-order valence-electron chi connectivity index (χ2n) is 9.96. The van der Waals surface area contributed by atoms with Crippen molar-refractivity contribution in [3.63, 3.8) is 0 Å². The minimum Gasteiger partial charge on any atom is -0.289 e. The monoisotopic (exact) mass is 746 g/mol. The maximum absolute atomic E-state index is 13.8. The summed E-state index contributed by atoms with van der Waals surface area (Å²) < 4.78 is 1.82. The molecular weight excluding hydrogens is 727 g/mol. The largest absolute Gasteiger partial charge is 0.289 e. The molecule has 0 bridgehead atoms. The number of carbonyl (C=O) groups excluding carboxylic acids is 2. The molecule has 2 heterocycles. The number of nitrogens with zero attached hydrogens (tertiary/aromatic N) is 4. The molecule has 10 heteroatoms. The van der Waals surface area contributed by atoms with Crippen LogP contribution in [0.2, 0.25) is 10.0 Å². The molecule has 0 aliphatic carbocycles. The first kappa shape index (κ1) is 30.2. The first-order chi connectivity index (χ1) is 21.2. The van der Waals surface area contributed by atoms with Crippen LogP contribution in [0.25, 0.3) is 12.2 Å². The third kappa shape index (κ3) is 6.64. The van der Waals surface area contributed by atoms with Gasteiger partial charge in [-0.15, -0.1) is 0 Å². The first-order valence-corrected chi connectivity index (χ1v) is 15.9. The SMILES string of the molecule is O=C1/C(=C/c2ccc(Cl)cc2)N=C(c2ccc(Br)cc2)N1CCN1C(=O)/C(=C\c2ccc(Cl)cc2)N=C1c1ccc(Br)cc1. The fourth-order valence-corrected chi connectivity index (χ4v) is 5.57. The number of benzene rings is 4. The van der Waals surface area contributed by atoms with Gasteiger partial charge in [-0.1, -0.05) is 104 Å². The van der Waals surface area contributed by atoms with Crippen molar-refractivity contribution in [1.82, 2.24) is 9.80 Å². The van der Waals surface area contributed by atoms with Crippen molar-refractivity contribution in [3.05, 3.63) is 150 Å². The number of aliphatic imine (C=N–C) groups is 2. The van der Waals surface area contributed by atoms with E-state index in [0.717, 1.165) is 31.2 Å². The van der Waals surface area contributed by atoms with Crippen molar-refractivity contribution in [2.24, 2.45) is 9.98 Å². The van der Waals surface area contributed by atoms with Crippen LogP contribution in [0.5, 0.6) is 0 Å². The maximum Gasteiger partial charge on any atom is 0.278 e. The second-order valence-corrected chi connectivity index (χ2v) is 12.7. The van der Waals surface area contributed by atoms with E-state index in [-0.39, 0.29) is 24.9 Å². The number of rotatable bonds is 7. The van der Waals surface area contributed by atoms with Gasteiger partial charge in [0.15, 0.2) is 0 Å². The Morgan fingerprint density at radius 2 is 0.886 bits per heavy atom. The molecule has 4 aromatic carbocycles. The molecule has 2 amide bonds. The van der Waals surface area contributed by atoms with Crippen molar-refractivity contribution in [2.75, 3.05) is 13.1 Å². The van der Waals surface area contributed by atoms with E-state index >= 15 is 0 Å². The van der Waals surface area contributed by atoms with Gasteiger partial charge in [0.05, 0.1) is 0 Å². The van der Waals surface area contributed by atoms with E-state index in [1.54, 1.807) is 46.2 Å². The highest BCUT2D eigenvalue weighted by Crippen LogP contribution is 2.27. The normalized spacial score (nSPS) is 16.7. The molecule has 0 saturated heterocycles. The number of amidine groups is 2. The molecule has 0 fully saturated rings. The average Bonchev–Trinajstić information content (AvgIpc) is 3.50. The Hall–Kier alpha value is -3.82. The second kappa shape index (κ2) is 13.0. The highest BCUT2D eigenvalue weighted by molar-refractivity contribution is 9.10. The van der Waals surface area contributed by atoms with Gasteiger partial charge in [0.1, 0.15) is 23.1 Å². The zero-order valence-corrected chi connectivity index (χ0v) is 27.6. The van der Waals surface area contributed by atoms with Gasteiger partial charge in [0.2, 0.25) is 0 Å². The third-order valence-electron chi connectivity index (χ3n) is 6.99. The fraction of sp³-hybridized carbons (Fsp3) is 0.0588. The average molecular weight is 749 g/mol. The smallest absolute Gasteiger partial charge is 0.278 e. The van der Waals surface area contributed by atoms with Crippen LogP contribution >= 0.6 is 55.1 Å². The highest BCUT2D eigenvalue weighted by Gasteiger charge is 2.35. The lowest BCUT2D eigenvalue weighted by Gasteiger charge is -2.24. The van der Waals surface area contributed by atoms with Gasteiger partial charge in [-0.2, -0.15) is 0 Å². The maximum atomic E-state index is 13.8. The summed E-state index contributed by atoms with van der Waals surface area (Å²) in [5.41, 5.74) is 3.74. The van der Waals surface area contributed by atoms with Crippen LogP contribution in [-0.4, -0.2) is 46.4 Å². The summed E-state index contributed by atoms with van der Waals surface area (Å²) in [6.07, 6.45) is 3.47. The summed E-state index contributed by atoms with van der Waals surface area (Å²) in [5, 5.41) is 1.21. The van der Waals surface area contributed by atoms with E-state index in [1.807, 2.05) is 72.8 Å². The molecular formula is C34H22Br2Cl2N4O2. The number of carbonyl (C=O) groups is 2. The van der Waals surface area contributed by atoms with Gasteiger partial charge in [-0.05, 0) is 71.8 Å². The minimum absolute atomic E-state index is 0.196. The van der Waals surface area contributed by atoms with E-state index in [0.29, 0.717) is 33.1 Å². The van der Waals surface area contributed by atoms with Crippen LogP contribution in [0.3, 0.4) is 0 Å². The van der Waals surface area contributed by atoms with Gasteiger partial charge in [-0.25, -0.2) is 9.98 Å². The topological polar surface area (TPSA) is 65.3 Å². The summed E-state index contributed by atoms with van der Waals surface area (Å²) >= 11 is 19.1. The van der Waals surface area contributed by atoms with E-state index in [9.17, 15) is 9.59 Å². The molecule has 0 saturated carbocycles. The summed E-state index contributed by atoms with van der Waals surface area (Å²) in [4.78, 5) is 40.3. The van der Waals surface area contributed by atoms with Crippen molar-refractivity contribution in [3.8, 4) is 0 Å². The van der Waals surface area contributed by atoms with Crippen LogP contribution in [0.4, 0.5) is 0 Å². The van der Waals surface area contributed by atoms with E-state index in [1.165, 1.54) is 0 Å². The Morgan fingerprint density at radius 1 is 0.545 bits per heavy atom. The lowest BCUT2D eigenvalue weighted by molar-refractivity contribution is -0.125. The molecule has 0 aromatic heterocycles. The standard InChI is InChI=1S/C34H22Br2Cl2N4O2/c35-25-9-5-23(6-10-25)31-39-29(19-21-1-13-27(37)14-2-21)33(43)41(31)17-18-42-32(24-7-11-26(36)12-8-24)40-30(34(42)44)20-22-3-15-28(38)16-4-22/h1-16,19-20H,17-18H2/b29-19-,30-20+. The molecule has 0 radical (unpaired) electrons. The van der Waals surface area contributed by atoms with Gasteiger partial charge >= 0.3 is 0 Å². The van der Waals surface area contributed by atoms with Crippen LogP contribution in [0, 0.1) is 0 Å². The Morgan fingerprint density at radius 3 is 1.23 bits per heavy atom. The Labute approximate surface area is 281 Å². The zero-order chi connectivity index (χ0) is 30.8. The summed E-state index contributed by atoms with van der Waals surface area (Å²) in [5.74, 6) is 0.494. The fourth-order valence-electron chi connectivity index (χ4n) is 4.79. The predicted molar refractivity (Wildman–Crippen MR) is 184 cm³/mol. The molecule has 2 aliphatic heterocycles. The number of hydrogen-bond acceptors (Lipinski definition) is 4. The van der Waals surface area contributed by atoms with Gasteiger partial charge < -0.3 is 0 Å². The van der Waals surface area contributed by atoms with Crippen LogP contribution in [-0.2, 0) is 9.59 Å². The minimum atomic E-state index is -0.261. The Kier molecular flexibility index (Phi) is 8.96. The summed E-state index contributed by atoms with van der Waals surface area (Å²) in [7, 11) is 0. The van der Waals surface area contributed by atoms with Crippen LogP contribution < -0.4 is 0 Å². The molecule has 218 valence electrons. The molecule has 0 unspecified atom stereocenters. The highest BCUT2D eigenvalue weighted by atomic mass is 79.9. The van der Waals surface area contributed by atoms with E-state index < -0.39 is 0 Å². The third-order valence-corrected chi connectivity index (χ3v) is 8.55. The lowest BCUT2D eigenvalue weighted by atomic mass is 10.1. The van der Waals surface area contributed by atoms with Crippen molar-refractivity contribution < 1.29 is 9.59 Å². The number of halogens is 4. The van der Waals surface area contributed by atoms with Gasteiger partial charge in [-0.3, -0.25) is 19.4 Å². The number of hydrogen-bond donors (Lipinski definition) is 0. The molecule has 0 spiro atoms. The molecule has 0 atom stereocenters. The quantitative estimate of drug-likeness (QED) is 0.178. The summed E-state index contributed by atoms with van der Waals surface area (Å²) in [6.45, 7) is 0.391. The summed E-state index contributed by atoms with van der Waals surface area (Å²) in [6, 6.07) is 29.6. The van der Waals surface area contributed by atoms with Gasteiger partial charge in [0.25, 0.3) is 11.8 Å². The Balaban J connectivity index is 1.32. The lowest BCUT2D eigenvalue weighted by Crippen LogP contribution is -2.42. The predicted octanol–water partition coefficient (Wildman–Crippen LogP) is 8.48. The van der Waals surface area contributed by atoms with Gasteiger partial charge in [0, 0.05) is 43.2 Å². The molecule has 44 heavy (non-hydrogen) atoms. The zero-order valence-electron chi connectivity index (χ0n) is 22.9. The van der Waals surface area contributed by atoms with Crippen LogP contribution in [0.15, 0.2) is 127 Å². The number of amides is 2. The molecule has 6 nitrogen and oxygen atoms in total. The molecule has 6 rings (SSSR count). The molecule has 4 aromatic rings. The van der Waals surface area contributed by atoms with Crippen molar-refractivity contribution >= 4 is 90.7 Å². The van der Waals surface area contributed by atoms with Crippen molar-refractivity contribution in [2.45, 2.75) is 0 Å². The molecule has 0 N–H and O–H groups in total. The Bertz CT molecular complexity index is 1730.